The largest absolute Gasteiger partial charge is 0.463 e. The molecule has 10 heteroatoms. The van der Waals surface area contributed by atoms with E-state index in [9.17, 15) is 24.0 Å². The van der Waals surface area contributed by atoms with Crippen molar-refractivity contribution in [2.75, 3.05) is 6.61 Å². The smallest absolute Gasteiger partial charge is 0.419 e. The predicted molar refractivity (Wildman–Crippen MR) is 141 cm³/mol. The molecule has 0 spiro atoms. The first-order chi connectivity index (χ1) is 19.1. The average molecular weight is 549 g/mol. The van der Waals surface area contributed by atoms with Crippen LogP contribution in [0.2, 0.25) is 0 Å². The molecule has 3 aliphatic heterocycles. The molecule has 2 aromatic carbocycles. The van der Waals surface area contributed by atoms with E-state index < -0.39 is 59.7 Å². The van der Waals surface area contributed by atoms with Crippen molar-refractivity contribution in [3.8, 4) is 0 Å². The topological polar surface area (TPSA) is 120 Å². The first-order valence-corrected chi connectivity index (χ1v) is 13.5. The second-order valence-electron chi connectivity index (χ2n) is 11.0. The number of carbonyl (C=O) groups excluding carboxylic acids is 5. The molecule has 10 nitrogen and oxygen atoms in total. The SMILES string of the molecule is CCCC[C@@H](C(=O)N1C(=O)O[C@@H](O[C@H]2C(=O)OCC2(C)C)C[C@@H]1c1ccccc1)N1C(=O)c2ccccc2C1=O. The number of ether oxygens (including phenoxy) is 3. The molecule has 0 aliphatic carbocycles. The minimum Gasteiger partial charge on any atom is -0.463 e. The van der Waals surface area contributed by atoms with Crippen LogP contribution in [0.4, 0.5) is 4.79 Å². The number of rotatable bonds is 8. The number of carbonyl (C=O) groups is 5. The Balaban J connectivity index is 1.47. The number of benzene rings is 2. The highest BCUT2D eigenvalue weighted by Gasteiger charge is 2.51. The quantitative estimate of drug-likeness (QED) is 0.355. The summed E-state index contributed by atoms with van der Waals surface area (Å²) in [5.74, 6) is -2.39. The summed E-state index contributed by atoms with van der Waals surface area (Å²) in [6.45, 7) is 5.74. The minimum absolute atomic E-state index is 0.0456. The van der Waals surface area contributed by atoms with Crippen LogP contribution in [0.15, 0.2) is 54.6 Å². The number of fused-ring (bicyclic) bond motifs is 1. The Bertz CT molecular complexity index is 1310. The number of unbranched alkanes of at least 4 members (excludes halogenated alkanes) is 1. The van der Waals surface area contributed by atoms with Gasteiger partial charge in [-0.1, -0.05) is 76.1 Å². The second kappa shape index (κ2) is 10.8. The third-order valence-corrected chi connectivity index (χ3v) is 7.63. The molecule has 3 aliphatic rings. The highest BCUT2D eigenvalue weighted by atomic mass is 16.7. The van der Waals surface area contributed by atoms with Gasteiger partial charge in [-0.15, -0.1) is 0 Å². The van der Waals surface area contributed by atoms with Gasteiger partial charge in [-0.05, 0) is 24.1 Å². The Labute approximate surface area is 232 Å². The fraction of sp³-hybridized carbons (Fsp3) is 0.433. The molecule has 0 N–H and O–H groups in total. The molecule has 2 fully saturated rings. The molecule has 2 aromatic rings. The molecule has 40 heavy (non-hydrogen) atoms. The Kier molecular flexibility index (Phi) is 7.46. The molecule has 4 amide bonds. The molecule has 5 rings (SSSR count). The van der Waals surface area contributed by atoms with E-state index >= 15 is 0 Å². The van der Waals surface area contributed by atoms with Crippen LogP contribution in [-0.4, -0.2) is 64.6 Å². The molecule has 4 atom stereocenters. The van der Waals surface area contributed by atoms with Crippen molar-refractivity contribution in [1.29, 1.82) is 0 Å². The first kappa shape index (κ1) is 27.5. The van der Waals surface area contributed by atoms with E-state index in [0.717, 1.165) is 9.80 Å². The molecule has 0 radical (unpaired) electrons. The molecular weight excluding hydrogens is 516 g/mol. The molecule has 0 aromatic heterocycles. The number of esters is 1. The zero-order valence-corrected chi connectivity index (χ0v) is 22.7. The molecule has 0 bridgehead atoms. The van der Waals surface area contributed by atoms with Crippen molar-refractivity contribution in [3.63, 3.8) is 0 Å². The van der Waals surface area contributed by atoms with Gasteiger partial charge in [0.1, 0.15) is 6.04 Å². The van der Waals surface area contributed by atoms with Crippen molar-refractivity contribution < 1.29 is 38.2 Å². The van der Waals surface area contributed by atoms with Gasteiger partial charge >= 0.3 is 12.1 Å². The second-order valence-corrected chi connectivity index (χ2v) is 11.0. The third kappa shape index (κ3) is 4.88. The van der Waals surface area contributed by atoms with E-state index in [1.165, 1.54) is 0 Å². The normalized spacial score (nSPS) is 24.5. The van der Waals surface area contributed by atoms with E-state index in [1.54, 1.807) is 48.5 Å². The Morgan fingerprint density at radius 1 is 1.00 bits per heavy atom. The summed E-state index contributed by atoms with van der Waals surface area (Å²) in [4.78, 5) is 68.7. The van der Waals surface area contributed by atoms with Crippen molar-refractivity contribution in [2.24, 2.45) is 5.41 Å². The highest BCUT2D eigenvalue weighted by Crippen LogP contribution is 2.38. The van der Waals surface area contributed by atoms with Crippen molar-refractivity contribution in [2.45, 2.75) is 70.9 Å². The van der Waals surface area contributed by atoms with Crippen LogP contribution in [0.25, 0.3) is 0 Å². The van der Waals surface area contributed by atoms with Crippen LogP contribution in [0, 0.1) is 5.41 Å². The maximum absolute atomic E-state index is 14.2. The van der Waals surface area contributed by atoms with E-state index in [4.69, 9.17) is 14.2 Å². The molecule has 3 heterocycles. The Hall–Kier alpha value is -4.05. The lowest BCUT2D eigenvalue weighted by Crippen LogP contribution is -2.56. The predicted octanol–water partition coefficient (Wildman–Crippen LogP) is 4.25. The average Bonchev–Trinajstić information content (AvgIpc) is 3.35. The maximum Gasteiger partial charge on any atom is 0.419 e. The minimum atomic E-state index is -1.20. The highest BCUT2D eigenvalue weighted by molar-refractivity contribution is 6.23. The number of hydrogen-bond acceptors (Lipinski definition) is 8. The summed E-state index contributed by atoms with van der Waals surface area (Å²) in [6, 6.07) is 13.3. The number of amides is 4. The molecule has 210 valence electrons. The van der Waals surface area contributed by atoms with Gasteiger partial charge in [0.2, 0.25) is 6.29 Å². The third-order valence-electron chi connectivity index (χ3n) is 7.63. The van der Waals surface area contributed by atoms with Crippen LogP contribution in [-0.2, 0) is 23.8 Å². The van der Waals surface area contributed by atoms with Crippen molar-refractivity contribution >= 4 is 29.8 Å². The maximum atomic E-state index is 14.2. The zero-order chi connectivity index (χ0) is 28.6. The summed E-state index contributed by atoms with van der Waals surface area (Å²) in [5, 5.41) is 0. The van der Waals surface area contributed by atoms with E-state index in [0.29, 0.717) is 18.4 Å². The van der Waals surface area contributed by atoms with Crippen LogP contribution in [0.5, 0.6) is 0 Å². The first-order valence-electron chi connectivity index (χ1n) is 13.5. The lowest BCUT2D eigenvalue weighted by atomic mass is 9.89. The molecular formula is C30H32N2O8. The fourth-order valence-corrected chi connectivity index (χ4v) is 5.45. The van der Waals surface area contributed by atoms with Gasteiger partial charge in [-0.3, -0.25) is 19.3 Å². The summed E-state index contributed by atoms with van der Waals surface area (Å²) in [6.07, 6.45) is -1.55. The van der Waals surface area contributed by atoms with Crippen molar-refractivity contribution in [3.05, 3.63) is 71.3 Å². The molecule has 2 saturated heterocycles. The number of nitrogens with zero attached hydrogens (tertiary/aromatic N) is 2. The lowest BCUT2D eigenvalue weighted by molar-refractivity contribution is -0.196. The molecule has 0 unspecified atom stereocenters. The monoisotopic (exact) mass is 548 g/mol. The van der Waals surface area contributed by atoms with Crippen LogP contribution < -0.4 is 0 Å². The lowest BCUT2D eigenvalue weighted by Gasteiger charge is -2.40. The van der Waals surface area contributed by atoms with Gasteiger partial charge in [0.25, 0.3) is 17.7 Å². The van der Waals surface area contributed by atoms with E-state index in [1.807, 2.05) is 26.8 Å². The van der Waals surface area contributed by atoms with Gasteiger partial charge in [0, 0.05) is 11.8 Å². The van der Waals surface area contributed by atoms with Crippen LogP contribution >= 0.6 is 0 Å². The number of hydrogen-bond donors (Lipinski definition) is 0. The van der Waals surface area contributed by atoms with Gasteiger partial charge in [-0.25, -0.2) is 14.5 Å². The van der Waals surface area contributed by atoms with Gasteiger partial charge in [0.15, 0.2) is 6.10 Å². The zero-order valence-electron chi connectivity index (χ0n) is 22.7. The summed E-state index contributed by atoms with van der Waals surface area (Å²) in [7, 11) is 0. The summed E-state index contributed by atoms with van der Waals surface area (Å²) in [5.41, 5.74) is 0.463. The van der Waals surface area contributed by atoms with Gasteiger partial charge in [0.05, 0.1) is 23.8 Å². The summed E-state index contributed by atoms with van der Waals surface area (Å²) < 4.78 is 16.7. The van der Waals surface area contributed by atoms with Gasteiger partial charge in [-0.2, -0.15) is 0 Å². The number of cyclic esters (lactones) is 2. The van der Waals surface area contributed by atoms with Crippen molar-refractivity contribution in [1.82, 2.24) is 9.80 Å². The fourth-order valence-electron chi connectivity index (χ4n) is 5.45. The number of imide groups is 2. The standard InChI is InChI=1S/C30H32N2O8/c1-4-5-15-21(31-25(33)19-13-9-10-14-20(19)26(31)34)27(35)32-22(18-11-7-6-8-12-18)16-23(40-29(32)37)39-24-28(36)38-17-30(24,2)3/h6-14,21-24H,4-5,15-17H2,1-3H3/t21-,22+,23+,24-/m0/s1. The summed E-state index contributed by atoms with van der Waals surface area (Å²) >= 11 is 0. The molecule has 0 saturated carbocycles. The van der Waals surface area contributed by atoms with Crippen LogP contribution in [0.3, 0.4) is 0 Å². The van der Waals surface area contributed by atoms with Gasteiger partial charge < -0.3 is 14.2 Å². The van der Waals surface area contributed by atoms with E-state index in [2.05, 4.69) is 0 Å². The Morgan fingerprint density at radius 2 is 1.62 bits per heavy atom. The Morgan fingerprint density at radius 3 is 2.20 bits per heavy atom. The van der Waals surface area contributed by atoms with Crippen LogP contribution in [0.1, 0.15) is 78.8 Å². The van der Waals surface area contributed by atoms with E-state index in [-0.39, 0.29) is 30.6 Å².